The predicted molar refractivity (Wildman–Crippen MR) is 65.3 cm³/mol. The molecule has 0 saturated carbocycles. The smallest absolute Gasteiger partial charge is 0.0850 e. The van der Waals surface area contributed by atoms with Crippen LogP contribution in [0.1, 0.15) is 5.56 Å². The van der Waals surface area contributed by atoms with Crippen LogP contribution in [0.4, 0.5) is 0 Å². The first-order valence-electron chi connectivity index (χ1n) is 5.68. The molecule has 2 aromatic carbocycles. The van der Waals surface area contributed by atoms with Crippen molar-refractivity contribution in [2.24, 2.45) is 0 Å². The Morgan fingerprint density at radius 3 is 2.12 bits per heavy atom. The van der Waals surface area contributed by atoms with E-state index in [1.54, 1.807) is 0 Å². The Labute approximate surface area is 95.7 Å². The second-order valence-electron chi connectivity index (χ2n) is 4.22. The van der Waals surface area contributed by atoms with Crippen LogP contribution in [0.5, 0.6) is 0 Å². The highest BCUT2D eigenvalue weighted by Gasteiger charge is 2.22. The highest BCUT2D eigenvalue weighted by molar-refractivity contribution is 5.63. The fourth-order valence-electron chi connectivity index (χ4n) is 1.91. The summed E-state index contributed by atoms with van der Waals surface area (Å²) < 4.78 is 5.23. The van der Waals surface area contributed by atoms with Crippen LogP contribution >= 0.6 is 0 Å². The van der Waals surface area contributed by atoms with Gasteiger partial charge in [0.2, 0.25) is 0 Å². The van der Waals surface area contributed by atoms with E-state index >= 15 is 0 Å². The van der Waals surface area contributed by atoms with Crippen molar-refractivity contribution in [3.8, 4) is 11.1 Å². The van der Waals surface area contributed by atoms with Gasteiger partial charge in [-0.15, -0.1) is 0 Å². The molecule has 1 aliphatic rings. The van der Waals surface area contributed by atoms with E-state index in [-0.39, 0.29) is 0 Å². The van der Waals surface area contributed by atoms with Gasteiger partial charge in [0.25, 0.3) is 0 Å². The molecule has 1 heterocycles. The monoisotopic (exact) mass is 210 g/mol. The van der Waals surface area contributed by atoms with Gasteiger partial charge in [0.1, 0.15) is 0 Å². The van der Waals surface area contributed by atoms with Crippen molar-refractivity contribution >= 4 is 0 Å². The maximum Gasteiger partial charge on any atom is 0.0850 e. The van der Waals surface area contributed by atoms with Crippen LogP contribution in [0.2, 0.25) is 0 Å². The van der Waals surface area contributed by atoms with Gasteiger partial charge in [-0.25, -0.2) is 0 Å². The molecule has 0 aliphatic carbocycles. The third-order valence-corrected chi connectivity index (χ3v) is 2.93. The van der Waals surface area contributed by atoms with E-state index in [0.717, 1.165) is 13.0 Å². The molecular weight excluding hydrogens is 196 g/mol. The summed E-state index contributed by atoms with van der Waals surface area (Å²) in [6, 6.07) is 19.2. The molecule has 2 aromatic rings. The maximum atomic E-state index is 5.23. The van der Waals surface area contributed by atoms with Crippen LogP contribution in [0.15, 0.2) is 54.6 Å². The Bertz CT molecular complexity index is 455. The summed E-state index contributed by atoms with van der Waals surface area (Å²) >= 11 is 0. The van der Waals surface area contributed by atoms with Gasteiger partial charge in [0, 0.05) is 6.42 Å². The number of hydrogen-bond acceptors (Lipinski definition) is 1. The first-order valence-corrected chi connectivity index (χ1v) is 5.68. The van der Waals surface area contributed by atoms with Crippen molar-refractivity contribution < 1.29 is 4.74 Å². The lowest BCUT2D eigenvalue weighted by atomic mass is 10.0. The van der Waals surface area contributed by atoms with E-state index < -0.39 is 0 Å². The predicted octanol–water partition coefficient (Wildman–Crippen LogP) is 3.29. The minimum absolute atomic E-state index is 0.475. The van der Waals surface area contributed by atoms with Crippen LogP contribution < -0.4 is 0 Å². The summed E-state index contributed by atoms with van der Waals surface area (Å²) in [4.78, 5) is 0. The summed E-state index contributed by atoms with van der Waals surface area (Å²) in [6.07, 6.45) is 1.53. The standard InChI is InChI=1S/C15H14O/c1-2-4-13(5-3-1)14-8-6-12(7-9-14)10-15-11-16-15/h1-9,15H,10-11H2. The van der Waals surface area contributed by atoms with Crippen molar-refractivity contribution in [2.75, 3.05) is 6.61 Å². The Morgan fingerprint density at radius 1 is 0.875 bits per heavy atom. The number of hydrogen-bond donors (Lipinski definition) is 0. The van der Waals surface area contributed by atoms with Crippen molar-refractivity contribution in [3.63, 3.8) is 0 Å². The molecule has 0 aromatic heterocycles. The number of epoxide rings is 1. The number of ether oxygens (including phenoxy) is 1. The average molecular weight is 210 g/mol. The average Bonchev–Trinajstić information content (AvgIpc) is 3.15. The fourth-order valence-corrected chi connectivity index (χ4v) is 1.91. The summed E-state index contributed by atoms with van der Waals surface area (Å²) in [5.74, 6) is 0. The first-order chi connectivity index (χ1) is 7.92. The fraction of sp³-hybridized carbons (Fsp3) is 0.200. The molecule has 1 atom stereocenters. The van der Waals surface area contributed by atoms with E-state index in [9.17, 15) is 0 Å². The van der Waals surface area contributed by atoms with Crippen molar-refractivity contribution in [2.45, 2.75) is 12.5 Å². The molecule has 0 bridgehead atoms. The molecule has 0 amide bonds. The van der Waals surface area contributed by atoms with E-state index in [4.69, 9.17) is 4.74 Å². The zero-order valence-corrected chi connectivity index (χ0v) is 9.10. The molecule has 3 rings (SSSR count). The molecule has 16 heavy (non-hydrogen) atoms. The molecule has 1 unspecified atom stereocenters. The summed E-state index contributed by atoms with van der Waals surface area (Å²) in [5, 5.41) is 0. The van der Waals surface area contributed by atoms with Crippen molar-refractivity contribution in [1.29, 1.82) is 0 Å². The zero-order valence-electron chi connectivity index (χ0n) is 9.10. The largest absolute Gasteiger partial charge is 0.373 e. The third kappa shape index (κ3) is 2.15. The van der Waals surface area contributed by atoms with Crippen LogP contribution in [0.3, 0.4) is 0 Å². The lowest BCUT2D eigenvalue weighted by Crippen LogP contribution is -1.92. The van der Waals surface area contributed by atoms with Crippen LogP contribution in [0, 0.1) is 0 Å². The third-order valence-electron chi connectivity index (χ3n) is 2.93. The molecular formula is C15H14O. The molecule has 0 N–H and O–H groups in total. The molecule has 80 valence electrons. The van der Waals surface area contributed by atoms with Gasteiger partial charge in [-0.05, 0) is 16.7 Å². The van der Waals surface area contributed by atoms with Gasteiger partial charge in [-0.3, -0.25) is 0 Å². The number of rotatable bonds is 3. The quantitative estimate of drug-likeness (QED) is 0.708. The Morgan fingerprint density at radius 2 is 1.50 bits per heavy atom. The van der Waals surface area contributed by atoms with Gasteiger partial charge in [-0.1, -0.05) is 54.6 Å². The molecule has 0 spiro atoms. The zero-order chi connectivity index (χ0) is 10.8. The normalized spacial score (nSPS) is 18.4. The van der Waals surface area contributed by atoms with Crippen molar-refractivity contribution in [3.05, 3.63) is 60.2 Å². The second kappa shape index (κ2) is 4.11. The van der Waals surface area contributed by atoms with Crippen LogP contribution in [-0.4, -0.2) is 12.7 Å². The Hall–Kier alpha value is -1.60. The Kier molecular flexibility index (Phi) is 2.47. The molecule has 1 saturated heterocycles. The minimum Gasteiger partial charge on any atom is -0.373 e. The van der Waals surface area contributed by atoms with Gasteiger partial charge in [-0.2, -0.15) is 0 Å². The van der Waals surface area contributed by atoms with E-state index in [2.05, 4.69) is 48.5 Å². The van der Waals surface area contributed by atoms with Crippen LogP contribution in [0.25, 0.3) is 11.1 Å². The SMILES string of the molecule is c1ccc(-c2ccc(CC3CO3)cc2)cc1. The summed E-state index contributed by atoms with van der Waals surface area (Å²) in [5.41, 5.74) is 3.92. The maximum absolute atomic E-state index is 5.23. The van der Waals surface area contributed by atoms with Gasteiger partial charge in [0.15, 0.2) is 0 Å². The van der Waals surface area contributed by atoms with E-state index in [0.29, 0.717) is 6.10 Å². The number of benzene rings is 2. The highest BCUT2D eigenvalue weighted by Crippen LogP contribution is 2.21. The molecule has 1 heteroatoms. The van der Waals surface area contributed by atoms with Gasteiger partial charge in [0.05, 0.1) is 12.7 Å². The van der Waals surface area contributed by atoms with Gasteiger partial charge >= 0.3 is 0 Å². The topological polar surface area (TPSA) is 12.5 Å². The highest BCUT2D eigenvalue weighted by atomic mass is 16.6. The van der Waals surface area contributed by atoms with E-state index in [1.165, 1.54) is 16.7 Å². The summed E-state index contributed by atoms with van der Waals surface area (Å²) in [6.45, 7) is 0.931. The Balaban J connectivity index is 1.81. The second-order valence-corrected chi connectivity index (χ2v) is 4.22. The molecule has 1 nitrogen and oxygen atoms in total. The summed E-state index contributed by atoms with van der Waals surface area (Å²) in [7, 11) is 0. The lowest BCUT2D eigenvalue weighted by Gasteiger charge is -2.03. The molecule has 0 radical (unpaired) electrons. The lowest BCUT2D eigenvalue weighted by molar-refractivity contribution is 0.407. The van der Waals surface area contributed by atoms with Crippen molar-refractivity contribution in [1.82, 2.24) is 0 Å². The molecule has 1 fully saturated rings. The van der Waals surface area contributed by atoms with Crippen LogP contribution in [-0.2, 0) is 11.2 Å². The minimum atomic E-state index is 0.475. The molecule has 1 aliphatic heterocycles. The van der Waals surface area contributed by atoms with Gasteiger partial charge < -0.3 is 4.74 Å². The first kappa shape index (κ1) is 9.61. The van der Waals surface area contributed by atoms with E-state index in [1.807, 2.05) is 6.07 Å².